The van der Waals surface area contributed by atoms with E-state index in [-0.39, 0.29) is 6.10 Å². The molecule has 1 heterocycles. The van der Waals surface area contributed by atoms with Gasteiger partial charge in [-0.1, -0.05) is 0 Å². The van der Waals surface area contributed by atoms with Gasteiger partial charge in [-0.2, -0.15) is 0 Å². The summed E-state index contributed by atoms with van der Waals surface area (Å²) < 4.78 is 15.8. The van der Waals surface area contributed by atoms with E-state index in [9.17, 15) is 4.79 Å². The van der Waals surface area contributed by atoms with Gasteiger partial charge >= 0.3 is 5.97 Å². The molecule has 1 aliphatic heterocycles. The number of rotatable bonds is 4. The molecule has 5 nitrogen and oxygen atoms in total. The summed E-state index contributed by atoms with van der Waals surface area (Å²) in [6, 6.07) is 3.52. The molecular formula is C13H16O5. The van der Waals surface area contributed by atoms with Gasteiger partial charge in [-0.25, -0.2) is 4.79 Å². The Kier molecular flexibility index (Phi) is 3.43. The van der Waals surface area contributed by atoms with Crippen LogP contribution in [0.2, 0.25) is 0 Å². The van der Waals surface area contributed by atoms with Crippen molar-refractivity contribution in [2.45, 2.75) is 25.6 Å². The minimum absolute atomic E-state index is 0.103. The van der Waals surface area contributed by atoms with Gasteiger partial charge in [-0.3, -0.25) is 0 Å². The second kappa shape index (κ2) is 4.86. The van der Waals surface area contributed by atoms with Gasteiger partial charge in [-0.15, -0.1) is 0 Å². The minimum Gasteiger partial charge on any atom is -0.496 e. The number of hydrogen-bond donors (Lipinski definition) is 1. The third-order valence-electron chi connectivity index (χ3n) is 2.99. The zero-order valence-electron chi connectivity index (χ0n) is 10.6. The normalized spacial score (nSPS) is 18.9. The molecule has 18 heavy (non-hydrogen) atoms. The number of ether oxygens (including phenoxy) is 3. The van der Waals surface area contributed by atoms with Gasteiger partial charge < -0.3 is 19.3 Å². The first kappa shape index (κ1) is 12.7. The largest absolute Gasteiger partial charge is 0.496 e. The van der Waals surface area contributed by atoms with Crippen molar-refractivity contribution in [2.75, 3.05) is 14.2 Å². The van der Waals surface area contributed by atoms with E-state index in [1.807, 2.05) is 13.0 Å². The molecule has 1 aromatic rings. The molecule has 0 saturated carbocycles. The Morgan fingerprint density at radius 1 is 1.50 bits per heavy atom. The lowest BCUT2D eigenvalue weighted by Crippen LogP contribution is -2.14. The summed E-state index contributed by atoms with van der Waals surface area (Å²) in [6.45, 7) is 1.97. The van der Waals surface area contributed by atoms with Crippen molar-refractivity contribution in [1.82, 2.24) is 0 Å². The van der Waals surface area contributed by atoms with E-state index >= 15 is 0 Å². The molecule has 1 aliphatic rings. The number of hydrogen-bond acceptors (Lipinski definition) is 4. The van der Waals surface area contributed by atoms with Crippen molar-refractivity contribution in [2.24, 2.45) is 0 Å². The second-order valence-electron chi connectivity index (χ2n) is 4.29. The number of carbonyl (C=O) groups is 1. The Bertz CT molecular complexity index is 469. The average Bonchev–Trinajstić information content (AvgIpc) is 2.67. The van der Waals surface area contributed by atoms with Crippen LogP contribution in [0.15, 0.2) is 12.1 Å². The zero-order chi connectivity index (χ0) is 13.3. The SMILES string of the molecule is COc1cc2c(cc1C(OC)C(=O)O)OC(C)C2. The van der Waals surface area contributed by atoms with Gasteiger partial charge in [0.1, 0.15) is 17.6 Å². The molecule has 0 spiro atoms. The fourth-order valence-electron chi connectivity index (χ4n) is 2.20. The maximum atomic E-state index is 11.1. The summed E-state index contributed by atoms with van der Waals surface area (Å²) in [4.78, 5) is 11.1. The predicted octanol–water partition coefficient (Wildman–Crippen LogP) is 1.79. The van der Waals surface area contributed by atoms with Gasteiger partial charge in [0.2, 0.25) is 0 Å². The lowest BCUT2D eigenvalue weighted by atomic mass is 10.0. The van der Waals surface area contributed by atoms with E-state index in [1.54, 1.807) is 6.07 Å². The number of fused-ring (bicyclic) bond motifs is 1. The van der Waals surface area contributed by atoms with E-state index in [0.717, 1.165) is 12.0 Å². The van der Waals surface area contributed by atoms with Crippen LogP contribution >= 0.6 is 0 Å². The highest BCUT2D eigenvalue weighted by molar-refractivity contribution is 5.76. The standard InChI is InChI=1S/C13H16O5/c1-7-4-8-5-11(16-2)9(6-10(8)18-7)12(17-3)13(14)15/h5-7,12H,4H2,1-3H3,(H,14,15). The monoisotopic (exact) mass is 252 g/mol. The first-order valence-electron chi connectivity index (χ1n) is 5.70. The van der Waals surface area contributed by atoms with E-state index in [1.165, 1.54) is 14.2 Å². The van der Waals surface area contributed by atoms with Crippen molar-refractivity contribution >= 4 is 5.97 Å². The number of carboxylic acid groups (broad SMARTS) is 1. The zero-order valence-corrected chi connectivity index (χ0v) is 10.6. The minimum atomic E-state index is -1.05. The van der Waals surface area contributed by atoms with E-state index < -0.39 is 12.1 Å². The number of benzene rings is 1. The van der Waals surface area contributed by atoms with Crippen LogP contribution in [0.4, 0.5) is 0 Å². The van der Waals surface area contributed by atoms with Crippen molar-refractivity contribution in [1.29, 1.82) is 0 Å². The van der Waals surface area contributed by atoms with Crippen LogP contribution in [-0.2, 0) is 16.0 Å². The first-order valence-corrected chi connectivity index (χ1v) is 5.70. The molecule has 1 aromatic carbocycles. The Morgan fingerprint density at radius 3 is 2.78 bits per heavy atom. The van der Waals surface area contributed by atoms with Gasteiger partial charge in [0.25, 0.3) is 0 Å². The lowest BCUT2D eigenvalue weighted by Gasteiger charge is -2.16. The third kappa shape index (κ3) is 2.13. The predicted molar refractivity (Wildman–Crippen MR) is 64.2 cm³/mol. The summed E-state index contributed by atoms with van der Waals surface area (Å²) in [6.07, 6.45) is -0.146. The van der Waals surface area contributed by atoms with Crippen LogP contribution in [-0.4, -0.2) is 31.4 Å². The summed E-state index contributed by atoms with van der Waals surface area (Å²) in [5, 5.41) is 9.13. The van der Waals surface area contributed by atoms with Crippen LogP contribution in [0.25, 0.3) is 0 Å². The molecule has 5 heteroatoms. The number of carboxylic acids is 1. The highest BCUT2D eigenvalue weighted by atomic mass is 16.5. The van der Waals surface area contributed by atoms with Crippen molar-refractivity contribution < 1.29 is 24.1 Å². The topological polar surface area (TPSA) is 65.0 Å². The highest BCUT2D eigenvalue weighted by Gasteiger charge is 2.28. The second-order valence-corrected chi connectivity index (χ2v) is 4.29. The van der Waals surface area contributed by atoms with Gasteiger partial charge in [-0.05, 0) is 19.1 Å². The average molecular weight is 252 g/mol. The molecule has 0 bridgehead atoms. The summed E-state index contributed by atoms with van der Waals surface area (Å²) in [5.74, 6) is 0.170. The summed E-state index contributed by atoms with van der Waals surface area (Å²) in [5.41, 5.74) is 1.50. The van der Waals surface area contributed by atoms with Crippen molar-refractivity contribution in [3.8, 4) is 11.5 Å². The van der Waals surface area contributed by atoms with Crippen LogP contribution in [0.3, 0.4) is 0 Å². The van der Waals surface area contributed by atoms with Crippen molar-refractivity contribution in [3.63, 3.8) is 0 Å². The Balaban J connectivity index is 2.47. The molecule has 0 fully saturated rings. The molecule has 2 rings (SSSR count). The quantitative estimate of drug-likeness (QED) is 0.885. The van der Waals surface area contributed by atoms with Gasteiger partial charge in [0.05, 0.1) is 7.11 Å². The molecular weight excluding hydrogens is 236 g/mol. The Hall–Kier alpha value is -1.75. The molecule has 98 valence electrons. The van der Waals surface area contributed by atoms with Crippen LogP contribution in [0, 0.1) is 0 Å². The maximum Gasteiger partial charge on any atom is 0.337 e. The number of aliphatic carboxylic acids is 1. The van der Waals surface area contributed by atoms with E-state index in [4.69, 9.17) is 19.3 Å². The Labute approximate surface area is 105 Å². The molecule has 0 aliphatic carbocycles. The van der Waals surface area contributed by atoms with Crippen LogP contribution in [0.5, 0.6) is 11.5 Å². The fraction of sp³-hybridized carbons (Fsp3) is 0.462. The molecule has 2 atom stereocenters. The van der Waals surface area contributed by atoms with E-state index in [0.29, 0.717) is 17.1 Å². The number of methoxy groups -OCH3 is 2. The highest BCUT2D eigenvalue weighted by Crippen LogP contribution is 2.38. The first-order chi connectivity index (χ1) is 8.56. The molecule has 2 unspecified atom stereocenters. The van der Waals surface area contributed by atoms with E-state index in [2.05, 4.69) is 0 Å². The smallest absolute Gasteiger partial charge is 0.337 e. The molecule has 0 radical (unpaired) electrons. The van der Waals surface area contributed by atoms with Gasteiger partial charge in [0, 0.05) is 24.7 Å². The summed E-state index contributed by atoms with van der Waals surface area (Å²) in [7, 11) is 2.87. The fourth-order valence-corrected chi connectivity index (χ4v) is 2.20. The maximum absolute atomic E-state index is 11.1. The van der Waals surface area contributed by atoms with Crippen LogP contribution in [0.1, 0.15) is 24.2 Å². The van der Waals surface area contributed by atoms with Gasteiger partial charge in [0.15, 0.2) is 6.10 Å². The molecule has 0 amide bonds. The van der Waals surface area contributed by atoms with Crippen LogP contribution < -0.4 is 9.47 Å². The Morgan fingerprint density at radius 2 is 2.22 bits per heavy atom. The molecule has 1 N–H and O–H groups in total. The third-order valence-corrected chi connectivity index (χ3v) is 2.99. The van der Waals surface area contributed by atoms with Crippen molar-refractivity contribution in [3.05, 3.63) is 23.3 Å². The lowest BCUT2D eigenvalue weighted by molar-refractivity contribution is -0.149. The molecule has 0 aromatic heterocycles. The molecule has 0 saturated heterocycles. The summed E-state index contributed by atoms with van der Waals surface area (Å²) >= 11 is 0.